The molecule has 2 aromatic carbocycles. The Morgan fingerprint density at radius 3 is 2.12 bits per heavy atom. The van der Waals surface area contributed by atoms with Gasteiger partial charge in [-0.2, -0.15) is 5.10 Å². The van der Waals surface area contributed by atoms with Crippen molar-refractivity contribution in [3.05, 3.63) is 59.7 Å². The van der Waals surface area contributed by atoms with Crippen LogP contribution in [0.2, 0.25) is 0 Å². The fourth-order valence-electron chi connectivity index (χ4n) is 3.61. The van der Waals surface area contributed by atoms with Gasteiger partial charge >= 0.3 is 11.9 Å². The van der Waals surface area contributed by atoms with E-state index in [1.807, 2.05) is 48.5 Å². The van der Waals surface area contributed by atoms with Gasteiger partial charge in [-0.1, -0.05) is 48.2 Å². The average Bonchev–Trinajstić information content (AvgIpc) is 3.08. The monoisotopic (exact) mass is 368 g/mol. The molecule has 0 amide bonds. The molecule has 2 aliphatic heterocycles. The number of methoxy groups -OCH3 is 2. The molecular weight excluding hydrogens is 352 g/mol. The molecule has 2 aliphatic rings. The Morgan fingerprint density at radius 2 is 1.58 bits per heavy atom. The maximum absolute atomic E-state index is 12.8. The number of rotatable bonds is 2. The Labute approximate surface area is 154 Å². The lowest BCUT2D eigenvalue weighted by Gasteiger charge is -2.40. The third-order valence-corrected chi connectivity index (χ3v) is 5.89. The summed E-state index contributed by atoms with van der Waals surface area (Å²) in [5, 5.41) is 4.21. The van der Waals surface area contributed by atoms with Crippen LogP contribution in [-0.4, -0.2) is 31.9 Å². The summed E-state index contributed by atoms with van der Waals surface area (Å²) in [7, 11) is 2.57. The van der Waals surface area contributed by atoms with Gasteiger partial charge in [0.25, 0.3) is 0 Å². The number of nitrogens with zero attached hydrogens (tertiary/aromatic N) is 1. The molecule has 6 nitrogen and oxygen atoms in total. The summed E-state index contributed by atoms with van der Waals surface area (Å²) in [4.78, 5) is 27.1. The van der Waals surface area contributed by atoms with Gasteiger partial charge in [-0.25, -0.2) is 4.79 Å². The molecule has 7 heteroatoms. The fraction of sp³-hybridized carbons (Fsp3) is 0.211. The van der Waals surface area contributed by atoms with Gasteiger partial charge in [0.15, 0.2) is 5.71 Å². The van der Waals surface area contributed by atoms with E-state index in [1.54, 1.807) is 11.8 Å². The number of carbonyl (C=O) groups is 2. The second-order valence-corrected chi connectivity index (χ2v) is 7.04. The molecule has 0 aliphatic carbocycles. The molecule has 1 N–H and O–H groups in total. The largest absolute Gasteiger partial charge is 0.468 e. The maximum atomic E-state index is 12.8. The van der Waals surface area contributed by atoms with Crippen molar-refractivity contribution in [3.8, 4) is 0 Å². The van der Waals surface area contributed by atoms with Gasteiger partial charge in [-0.3, -0.25) is 10.2 Å². The number of ether oxygens (including phenoxy) is 2. The number of fused-ring (bicyclic) bond motifs is 4. The number of esters is 2. The first kappa shape index (κ1) is 16.7. The highest BCUT2D eigenvalue weighted by atomic mass is 32.2. The van der Waals surface area contributed by atoms with Crippen LogP contribution in [0.5, 0.6) is 0 Å². The normalized spacial score (nSPS) is 19.0. The molecule has 1 atom stereocenters. The predicted molar refractivity (Wildman–Crippen MR) is 95.9 cm³/mol. The van der Waals surface area contributed by atoms with Gasteiger partial charge in [-0.05, 0) is 23.3 Å². The van der Waals surface area contributed by atoms with E-state index in [-0.39, 0.29) is 5.71 Å². The molecule has 26 heavy (non-hydrogen) atoms. The predicted octanol–water partition coefficient (Wildman–Crippen LogP) is 2.32. The third-order valence-electron chi connectivity index (χ3n) is 4.73. The number of carbonyl (C=O) groups excluding carboxylic acids is 2. The summed E-state index contributed by atoms with van der Waals surface area (Å²) >= 11 is 1.62. The SMILES string of the molecule is COC(=O)C1=NNC2(c3ccccc3Sc3ccccc32)[C@@H]1C(=O)OC. The van der Waals surface area contributed by atoms with Crippen molar-refractivity contribution >= 4 is 29.4 Å². The molecule has 0 saturated carbocycles. The maximum Gasteiger partial charge on any atom is 0.355 e. The first-order chi connectivity index (χ1) is 12.6. The van der Waals surface area contributed by atoms with Crippen molar-refractivity contribution in [1.29, 1.82) is 0 Å². The van der Waals surface area contributed by atoms with Crippen molar-refractivity contribution in [1.82, 2.24) is 5.43 Å². The minimum Gasteiger partial charge on any atom is -0.468 e. The Balaban J connectivity index is 2.00. The molecular formula is C19H16N2O4S. The minimum atomic E-state index is -1.02. The molecule has 0 bridgehead atoms. The van der Waals surface area contributed by atoms with Gasteiger partial charge in [0.05, 0.1) is 14.2 Å². The highest BCUT2D eigenvalue weighted by Gasteiger charge is 2.58. The highest BCUT2D eigenvalue weighted by molar-refractivity contribution is 7.99. The molecule has 4 rings (SSSR count). The van der Waals surface area contributed by atoms with E-state index in [2.05, 4.69) is 10.5 Å². The Morgan fingerprint density at radius 1 is 1.00 bits per heavy atom. The lowest BCUT2D eigenvalue weighted by molar-refractivity contribution is -0.146. The molecule has 2 heterocycles. The molecule has 2 aromatic rings. The topological polar surface area (TPSA) is 77.0 Å². The third kappa shape index (κ3) is 2.17. The Hall–Kier alpha value is -2.80. The van der Waals surface area contributed by atoms with Gasteiger partial charge in [0.1, 0.15) is 11.5 Å². The molecule has 1 spiro atoms. The van der Waals surface area contributed by atoms with Crippen molar-refractivity contribution in [2.24, 2.45) is 11.0 Å². The smallest absolute Gasteiger partial charge is 0.355 e. The van der Waals surface area contributed by atoms with Crippen LogP contribution >= 0.6 is 11.8 Å². The van der Waals surface area contributed by atoms with Crippen molar-refractivity contribution in [2.75, 3.05) is 14.2 Å². The second kappa shape index (κ2) is 6.17. The number of hydrogen-bond donors (Lipinski definition) is 1. The van der Waals surface area contributed by atoms with Gasteiger partial charge in [0.2, 0.25) is 0 Å². The van der Waals surface area contributed by atoms with Crippen LogP contribution in [-0.2, 0) is 24.6 Å². The van der Waals surface area contributed by atoms with Crippen LogP contribution < -0.4 is 5.43 Å². The first-order valence-corrected chi connectivity index (χ1v) is 8.83. The van der Waals surface area contributed by atoms with Crippen LogP contribution in [0.4, 0.5) is 0 Å². The van der Waals surface area contributed by atoms with E-state index in [1.165, 1.54) is 14.2 Å². The second-order valence-electron chi connectivity index (χ2n) is 5.96. The number of hydrazone groups is 1. The average molecular weight is 368 g/mol. The van der Waals surface area contributed by atoms with Crippen LogP contribution in [0.3, 0.4) is 0 Å². The van der Waals surface area contributed by atoms with Crippen LogP contribution in [0.25, 0.3) is 0 Å². The van der Waals surface area contributed by atoms with Crippen molar-refractivity contribution in [3.63, 3.8) is 0 Å². The van der Waals surface area contributed by atoms with Crippen LogP contribution in [0, 0.1) is 5.92 Å². The van der Waals surface area contributed by atoms with Gasteiger partial charge in [0, 0.05) is 9.79 Å². The lowest BCUT2D eigenvalue weighted by Crippen LogP contribution is -2.51. The molecule has 0 aromatic heterocycles. The van der Waals surface area contributed by atoms with E-state index in [0.29, 0.717) is 0 Å². The molecule has 132 valence electrons. The van der Waals surface area contributed by atoms with E-state index < -0.39 is 23.4 Å². The summed E-state index contributed by atoms with van der Waals surface area (Å²) in [6, 6.07) is 15.6. The van der Waals surface area contributed by atoms with Crippen LogP contribution in [0.1, 0.15) is 11.1 Å². The summed E-state index contributed by atoms with van der Waals surface area (Å²) in [5.41, 5.74) is 3.83. The van der Waals surface area contributed by atoms with Crippen LogP contribution in [0.15, 0.2) is 63.4 Å². The van der Waals surface area contributed by atoms with E-state index in [4.69, 9.17) is 9.47 Å². The summed E-state index contributed by atoms with van der Waals surface area (Å²) in [5.74, 6) is -2.16. The number of benzene rings is 2. The van der Waals surface area contributed by atoms with E-state index >= 15 is 0 Å². The standard InChI is InChI=1S/C19H16N2O4S/c1-24-17(22)15-16(18(23)25-2)20-21-19(15)11-7-3-5-9-13(11)26-14-10-6-4-8-12(14)19/h3-10,15,21H,1-2H3/t15-/m0/s1. The van der Waals surface area contributed by atoms with E-state index in [9.17, 15) is 9.59 Å². The fourth-order valence-corrected chi connectivity index (χ4v) is 4.82. The summed E-state index contributed by atoms with van der Waals surface area (Å²) < 4.78 is 9.89. The zero-order chi connectivity index (χ0) is 18.3. The quantitative estimate of drug-likeness (QED) is 0.820. The van der Waals surface area contributed by atoms with Gasteiger partial charge in [-0.15, -0.1) is 0 Å². The zero-order valence-corrected chi connectivity index (χ0v) is 15.0. The zero-order valence-electron chi connectivity index (χ0n) is 14.2. The Bertz CT molecular complexity index is 895. The molecule has 0 saturated heterocycles. The van der Waals surface area contributed by atoms with Crippen molar-refractivity contribution in [2.45, 2.75) is 15.3 Å². The first-order valence-electron chi connectivity index (χ1n) is 8.01. The number of hydrogen-bond acceptors (Lipinski definition) is 7. The van der Waals surface area contributed by atoms with E-state index in [0.717, 1.165) is 20.9 Å². The number of nitrogens with one attached hydrogen (secondary N) is 1. The molecule has 0 unspecified atom stereocenters. The Kier molecular flexibility index (Phi) is 3.96. The van der Waals surface area contributed by atoms with Gasteiger partial charge < -0.3 is 9.47 Å². The molecule has 0 fully saturated rings. The minimum absolute atomic E-state index is 0.0101. The molecule has 0 radical (unpaired) electrons. The summed E-state index contributed by atoms with van der Waals surface area (Å²) in [6.45, 7) is 0. The summed E-state index contributed by atoms with van der Waals surface area (Å²) in [6.07, 6.45) is 0. The van der Waals surface area contributed by atoms with Crippen molar-refractivity contribution < 1.29 is 19.1 Å². The highest BCUT2D eigenvalue weighted by Crippen LogP contribution is 2.53. The lowest BCUT2D eigenvalue weighted by atomic mass is 9.72.